The van der Waals surface area contributed by atoms with Crippen LogP contribution in [0.5, 0.6) is 0 Å². The largest absolute Gasteiger partial charge is 0.340 e. The minimum absolute atomic E-state index is 0.00453. The molecule has 0 saturated carbocycles. The van der Waals surface area contributed by atoms with E-state index in [1.807, 2.05) is 62.4 Å². The van der Waals surface area contributed by atoms with E-state index in [9.17, 15) is 41.7 Å². The summed E-state index contributed by atoms with van der Waals surface area (Å²) in [5.41, 5.74) is 8.62. The minimum Gasteiger partial charge on any atom is -0.340 e. The lowest BCUT2D eigenvalue weighted by Crippen LogP contribution is -2.33. The number of imide groups is 2. The zero-order chi connectivity index (χ0) is 49.0. The van der Waals surface area contributed by atoms with Crippen molar-refractivity contribution in [3.05, 3.63) is 148 Å². The average Bonchev–Trinajstić information content (AvgIpc) is 3.92. The van der Waals surface area contributed by atoms with Gasteiger partial charge in [0.1, 0.15) is 0 Å². The number of hydroxylamine groups is 4. The summed E-state index contributed by atoms with van der Waals surface area (Å²) in [7, 11) is -4.51. The SMILES string of the molecule is Cc1ccc2c(c1)C(C)(C)C(=CC=CC1=[N+](Cc3ccc(C(C)C(=O)ON4C(=O)CCC4=O)cc3)c3ccc(S(=O)(=O)O)cc3C1(C)C)N2Cc1ccc(C(C)C(=O)ON2C(=O)CCC2=O)cc1. The predicted molar refractivity (Wildman–Crippen MR) is 250 cm³/mol. The average molecular weight is 942 g/mol. The van der Waals surface area contributed by atoms with E-state index in [0.717, 1.165) is 45.0 Å². The van der Waals surface area contributed by atoms with Crippen LogP contribution in [0.15, 0.2) is 114 Å². The Bertz CT molecular complexity index is 2970. The molecule has 0 aliphatic carbocycles. The molecule has 4 aromatic carbocycles. The molecule has 4 amide bonds. The minimum atomic E-state index is -4.51. The Morgan fingerprint density at radius 1 is 0.706 bits per heavy atom. The van der Waals surface area contributed by atoms with Gasteiger partial charge >= 0.3 is 11.9 Å². The topological polar surface area (TPSA) is 188 Å². The van der Waals surface area contributed by atoms with E-state index >= 15 is 0 Å². The van der Waals surface area contributed by atoms with Crippen molar-refractivity contribution in [2.75, 3.05) is 4.90 Å². The molecule has 1 N–H and O–H groups in total. The van der Waals surface area contributed by atoms with Crippen LogP contribution in [0.3, 0.4) is 0 Å². The standard InChI is InChI=1S/C52H52N4O11S/c1-31-11-21-41-39(27-31)51(4,5)43(53(41)29-34-12-16-36(17-13-34)32(2)49(61)66-55-45(57)23-24-46(55)58)9-8-10-44-52(6,7)40-28-38(68(63,64)65)20-22-42(40)54(44)30-35-14-18-37(19-15-35)33(3)50(62)67-56-47(59)25-26-48(56)60/h8-22,27-28,32-33H,23-26,29-30H2,1-7H3/p+1. The van der Waals surface area contributed by atoms with Gasteiger partial charge in [0.25, 0.3) is 33.7 Å². The number of amides is 4. The highest BCUT2D eigenvalue weighted by molar-refractivity contribution is 7.85. The van der Waals surface area contributed by atoms with Crippen molar-refractivity contribution >= 4 is 62.8 Å². The predicted octanol–water partition coefficient (Wildman–Crippen LogP) is 7.68. The summed E-state index contributed by atoms with van der Waals surface area (Å²) >= 11 is 0. The number of allylic oxidation sites excluding steroid dienone is 4. The maximum atomic E-state index is 13.0. The van der Waals surface area contributed by atoms with Crippen molar-refractivity contribution in [1.29, 1.82) is 0 Å². The Kier molecular flexibility index (Phi) is 12.5. The van der Waals surface area contributed by atoms with Crippen molar-refractivity contribution in [3.63, 3.8) is 0 Å². The maximum Gasteiger partial charge on any atom is 0.340 e. The summed E-state index contributed by atoms with van der Waals surface area (Å²) in [6, 6.07) is 25.9. The summed E-state index contributed by atoms with van der Waals surface area (Å²) in [5.74, 6) is -5.12. The molecule has 2 atom stereocenters. The van der Waals surface area contributed by atoms with E-state index in [4.69, 9.17) is 9.68 Å². The fourth-order valence-electron chi connectivity index (χ4n) is 9.29. The van der Waals surface area contributed by atoms with Crippen LogP contribution in [-0.2, 0) is 72.5 Å². The highest BCUT2D eigenvalue weighted by atomic mass is 32.2. The van der Waals surface area contributed by atoms with Gasteiger partial charge in [-0.1, -0.05) is 86.2 Å². The van der Waals surface area contributed by atoms with Crippen LogP contribution in [0, 0.1) is 6.92 Å². The molecule has 4 aromatic rings. The third kappa shape index (κ3) is 8.93. The second kappa shape index (κ2) is 17.9. The summed E-state index contributed by atoms with van der Waals surface area (Å²) in [6.45, 7) is 14.6. The number of rotatable bonds is 13. The molecule has 4 aliphatic rings. The van der Waals surface area contributed by atoms with Gasteiger partial charge < -0.3 is 14.6 Å². The molecule has 2 unspecified atom stereocenters. The van der Waals surface area contributed by atoms with Crippen molar-refractivity contribution in [2.24, 2.45) is 0 Å². The fraction of sp³-hybridized carbons (Fsp3) is 0.327. The number of hydrogen-bond donors (Lipinski definition) is 1. The first-order valence-corrected chi connectivity index (χ1v) is 23.9. The number of carbonyl (C=O) groups is 6. The Morgan fingerprint density at radius 2 is 1.22 bits per heavy atom. The molecule has 0 radical (unpaired) electrons. The molecule has 2 saturated heterocycles. The second-order valence-corrected chi connectivity index (χ2v) is 20.2. The van der Waals surface area contributed by atoms with Crippen molar-refractivity contribution in [3.8, 4) is 0 Å². The van der Waals surface area contributed by atoms with Gasteiger partial charge in [-0.3, -0.25) is 23.7 Å². The van der Waals surface area contributed by atoms with Crippen LogP contribution in [0.4, 0.5) is 11.4 Å². The van der Waals surface area contributed by atoms with Gasteiger partial charge in [0, 0.05) is 72.3 Å². The molecular formula is C52H53N4O11S+. The Hall–Kier alpha value is -7.04. The smallest absolute Gasteiger partial charge is 0.340 e. The number of fused-ring (bicyclic) bond motifs is 2. The third-order valence-electron chi connectivity index (χ3n) is 13.4. The number of anilines is 1. The lowest BCUT2D eigenvalue weighted by Gasteiger charge is -2.27. The molecule has 2 fully saturated rings. The highest BCUT2D eigenvalue weighted by Gasteiger charge is 2.46. The van der Waals surface area contributed by atoms with E-state index in [-0.39, 0.29) is 30.6 Å². The Balaban J connectivity index is 1.09. The van der Waals surface area contributed by atoms with Crippen LogP contribution in [0.25, 0.3) is 0 Å². The molecule has 16 heteroatoms. The summed E-state index contributed by atoms with van der Waals surface area (Å²) in [4.78, 5) is 86.5. The van der Waals surface area contributed by atoms with Gasteiger partial charge in [-0.15, -0.1) is 10.1 Å². The van der Waals surface area contributed by atoms with E-state index in [0.29, 0.717) is 39.9 Å². The third-order valence-corrected chi connectivity index (χ3v) is 14.3. The van der Waals surface area contributed by atoms with E-state index in [2.05, 4.69) is 54.5 Å². The van der Waals surface area contributed by atoms with Gasteiger partial charge in [0.2, 0.25) is 5.69 Å². The lowest BCUT2D eigenvalue weighted by molar-refractivity contribution is -0.455. The van der Waals surface area contributed by atoms with E-state index in [1.165, 1.54) is 12.1 Å². The molecule has 4 heterocycles. The zero-order valence-corrected chi connectivity index (χ0v) is 39.8. The van der Waals surface area contributed by atoms with E-state index < -0.39 is 68.4 Å². The first-order valence-electron chi connectivity index (χ1n) is 22.4. The lowest BCUT2D eigenvalue weighted by atomic mass is 9.81. The molecule has 352 valence electrons. The van der Waals surface area contributed by atoms with E-state index in [1.54, 1.807) is 32.0 Å². The summed E-state index contributed by atoms with van der Waals surface area (Å²) < 4.78 is 36.9. The number of nitrogens with zero attached hydrogens (tertiary/aromatic N) is 4. The van der Waals surface area contributed by atoms with Crippen molar-refractivity contribution < 1.29 is 56.0 Å². The number of benzene rings is 4. The van der Waals surface area contributed by atoms with Crippen LogP contribution in [0.2, 0.25) is 0 Å². The highest BCUT2D eigenvalue weighted by Crippen LogP contribution is 2.49. The van der Waals surface area contributed by atoms with Crippen LogP contribution >= 0.6 is 0 Å². The normalized spacial score (nSPS) is 19.1. The van der Waals surface area contributed by atoms with Crippen molar-refractivity contribution in [1.82, 2.24) is 10.1 Å². The molecule has 0 aromatic heterocycles. The fourth-order valence-corrected chi connectivity index (χ4v) is 9.80. The molecule has 0 spiro atoms. The zero-order valence-electron chi connectivity index (χ0n) is 38.9. The molecule has 68 heavy (non-hydrogen) atoms. The molecular weight excluding hydrogens is 889 g/mol. The van der Waals surface area contributed by atoms with Crippen LogP contribution in [-0.4, -0.2) is 69.0 Å². The second-order valence-electron chi connectivity index (χ2n) is 18.8. The number of hydrogen-bond acceptors (Lipinski definition) is 11. The Labute approximate surface area is 395 Å². The Morgan fingerprint density at radius 3 is 1.74 bits per heavy atom. The maximum absolute atomic E-state index is 13.0. The summed E-state index contributed by atoms with van der Waals surface area (Å²) in [6.07, 6.45) is 6.13. The van der Waals surface area contributed by atoms with Gasteiger partial charge in [-0.2, -0.15) is 13.0 Å². The molecule has 0 bridgehead atoms. The summed E-state index contributed by atoms with van der Waals surface area (Å²) in [5, 5.41) is 1.10. The molecule has 15 nitrogen and oxygen atoms in total. The monoisotopic (exact) mass is 941 g/mol. The molecule has 4 aliphatic heterocycles. The van der Waals surface area contributed by atoms with Crippen LogP contribution < -0.4 is 4.90 Å². The van der Waals surface area contributed by atoms with Crippen LogP contribution in [0.1, 0.15) is 118 Å². The first kappa shape index (κ1) is 47.5. The van der Waals surface area contributed by atoms with Gasteiger partial charge in [-0.05, 0) is 81.1 Å². The number of carbonyl (C=O) groups excluding carboxylic acids is 6. The number of aryl methyl sites for hydroxylation is 1. The quantitative estimate of drug-likeness (QED) is 0.0784. The molecule has 8 rings (SSSR count). The first-order chi connectivity index (χ1) is 32.1. The van der Waals surface area contributed by atoms with Gasteiger partial charge in [-0.25, -0.2) is 9.59 Å². The van der Waals surface area contributed by atoms with Gasteiger partial charge in [0.05, 0.1) is 22.1 Å². The van der Waals surface area contributed by atoms with Crippen molar-refractivity contribution in [2.45, 2.75) is 115 Å². The van der Waals surface area contributed by atoms with Gasteiger partial charge in [0.15, 0.2) is 12.3 Å².